The molecule has 1 unspecified atom stereocenters. The van der Waals surface area contributed by atoms with E-state index in [1.54, 1.807) is 7.11 Å². The molecule has 144 valence electrons. The first-order valence-electron chi connectivity index (χ1n) is 9.86. The molecule has 0 saturated heterocycles. The first-order valence-corrected chi connectivity index (χ1v) is 9.86. The van der Waals surface area contributed by atoms with Gasteiger partial charge in [0.25, 0.3) is 0 Å². The van der Waals surface area contributed by atoms with Gasteiger partial charge in [0.05, 0.1) is 18.8 Å². The summed E-state index contributed by atoms with van der Waals surface area (Å²) in [5, 5.41) is 7.61. The number of methoxy groups -OCH3 is 1. The fourth-order valence-electron chi connectivity index (χ4n) is 3.91. The summed E-state index contributed by atoms with van der Waals surface area (Å²) in [4.78, 5) is 14.4. The van der Waals surface area contributed by atoms with Crippen LogP contribution in [-0.2, 0) is 17.9 Å². The van der Waals surface area contributed by atoms with E-state index >= 15 is 0 Å². The highest BCUT2D eigenvalue weighted by Crippen LogP contribution is 2.32. The number of amides is 1. The van der Waals surface area contributed by atoms with Crippen LogP contribution in [0.15, 0.2) is 36.5 Å². The van der Waals surface area contributed by atoms with E-state index in [4.69, 9.17) is 4.74 Å². The van der Waals surface area contributed by atoms with Crippen LogP contribution in [0.4, 0.5) is 0 Å². The van der Waals surface area contributed by atoms with Gasteiger partial charge in [-0.1, -0.05) is 18.2 Å². The van der Waals surface area contributed by atoms with Crippen molar-refractivity contribution in [3.63, 3.8) is 0 Å². The van der Waals surface area contributed by atoms with Crippen molar-refractivity contribution in [3.8, 4) is 5.75 Å². The Hall–Kier alpha value is -2.34. The second-order valence-electron chi connectivity index (χ2n) is 7.69. The standard InChI is InChI=1S/C21H28N4O2/c1-27-20-5-3-2-4-17(20)13-24-14-18(25-19(15-24)9-11-23-25)8-10-22-21(26)12-16-6-7-16/h2-5,9,11,16,18H,6-8,10,12-15H2,1H3,(H,22,26). The minimum Gasteiger partial charge on any atom is -0.496 e. The highest BCUT2D eigenvalue weighted by atomic mass is 16.5. The monoisotopic (exact) mass is 368 g/mol. The molecule has 2 heterocycles. The molecule has 1 aliphatic heterocycles. The van der Waals surface area contributed by atoms with E-state index < -0.39 is 0 Å². The number of carbonyl (C=O) groups is 1. The summed E-state index contributed by atoms with van der Waals surface area (Å²) < 4.78 is 7.64. The molecule has 1 aromatic carbocycles. The Balaban J connectivity index is 1.37. The zero-order valence-electron chi connectivity index (χ0n) is 15.9. The van der Waals surface area contributed by atoms with Gasteiger partial charge in [-0.15, -0.1) is 0 Å². The number of benzene rings is 1. The smallest absolute Gasteiger partial charge is 0.220 e. The summed E-state index contributed by atoms with van der Waals surface area (Å²) in [5.74, 6) is 1.76. The maximum absolute atomic E-state index is 11.9. The average molecular weight is 368 g/mol. The van der Waals surface area contributed by atoms with Crippen molar-refractivity contribution < 1.29 is 9.53 Å². The van der Waals surface area contributed by atoms with Gasteiger partial charge < -0.3 is 10.1 Å². The molecule has 0 bridgehead atoms. The topological polar surface area (TPSA) is 59.4 Å². The average Bonchev–Trinajstić information content (AvgIpc) is 3.35. The molecule has 1 aromatic heterocycles. The number of rotatable bonds is 8. The predicted octanol–water partition coefficient (Wildman–Crippen LogP) is 2.76. The quantitative estimate of drug-likeness (QED) is 0.778. The summed E-state index contributed by atoms with van der Waals surface area (Å²) in [5.41, 5.74) is 2.43. The molecule has 6 heteroatoms. The number of hydrogen-bond acceptors (Lipinski definition) is 4. The van der Waals surface area contributed by atoms with Crippen LogP contribution in [0.1, 0.15) is 43.0 Å². The van der Waals surface area contributed by atoms with Gasteiger partial charge in [0.2, 0.25) is 5.91 Å². The molecule has 2 aromatic rings. The van der Waals surface area contributed by atoms with Gasteiger partial charge in [0, 0.05) is 44.4 Å². The van der Waals surface area contributed by atoms with Gasteiger partial charge in [-0.3, -0.25) is 14.4 Å². The van der Waals surface area contributed by atoms with E-state index in [2.05, 4.69) is 38.2 Å². The number of nitrogens with one attached hydrogen (secondary N) is 1. The van der Waals surface area contributed by atoms with E-state index in [0.717, 1.165) is 31.8 Å². The van der Waals surface area contributed by atoms with Gasteiger partial charge in [-0.25, -0.2) is 0 Å². The molecule has 4 rings (SSSR count). The van der Waals surface area contributed by atoms with Crippen molar-refractivity contribution in [2.24, 2.45) is 5.92 Å². The van der Waals surface area contributed by atoms with Crippen LogP contribution in [0.5, 0.6) is 5.75 Å². The zero-order chi connectivity index (χ0) is 18.6. The van der Waals surface area contributed by atoms with Gasteiger partial charge in [-0.05, 0) is 37.3 Å². The number of para-hydroxylation sites is 1. The Morgan fingerprint density at radius 2 is 2.15 bits per heavy atom. The minimum atomic E-state index is 0.194. The largest absolute Gasteiger partial charge is 0.496 e. The number of ether oxygens (including phenoxy) is 1. The van der Waals surface area contributed by atoms with E-state index in [9.17, 15) is 4.79 Å². The summed E-state index contributed by atoms with van der Waals surface area (Å²) in [6, 6.07) is 10.6. The molecule has 1 atom stereocenters. The summed E-state index contributed by atoms with van der Waals surface area (Å²) >= 11 is 0. The van der Waals surface area contributed by atoms with Gasteiger partial charge in [0.1, 0.15) is 5.75 Å². The molecule has 2 aliphatic rings. The Kier molecular flexibility index (Phi) is 5.43. The Morgan fingerprint density at radius 3 is 2.96 bits per heavy atom. The van der Waals surface area contributed by atoms with E-state index in [1.165, 1.54) is 24.1 Å². The van der Waals surface area contributed by atoms with Crippen molar-refractivity contribution in [1.29, 1.82) is 0 Å². The minimum absolute atomic E-state index is 0.194. The van der Waals surface area contributed by atoms with E-state index in [1.807, 2.05) is 18.3 Å². The van der Waals surface area contributed by atoms with E-state index in [-0.39, 0.29) is 11.9 Å². The van der Waals surface area contributed by atoms with Gasteiger partial charge in [0.15, 0.2) is 0 Å². The molecular formula is C21H28N4O2. The molecule has 1 saturated carbocycles. The lowest BCUT2D eigenvalue weighted by Crippen LogP contribution is -2.39. The van der Waals surface area contributed by atoms with Crippen LogP contribution >= 0.6 is 0 Å². The summed E-state index contributed by atoms with van der Waals surface area (Å²) in [6.07, 6.45) is 5.89. The maximum Gasteiger partial charge on any atom is 0.220 e. The fraction of sp³-hybridized carbons (Fsp3) is 0.524. The highest BCUT2D eigenvalue weighted by molar-refractivity contribution is 5.76. The molecule has 1 amide bonds. The van der Waals surface area contributed by atoms with Crippen LogP contribution < -0.4 is 10.1 Å². The van der Waals surface area contributed by atoms with Crippen LogP contribution in [0, 0.1) is 5.92 Å². The van der Waals surface area contributed by atoms with Crippen molar-refractivity contribution in [2.45, 2.75) is 44.8 Å². The van der Waals surface area contributed by atoms with Crippen molar-refractivity contribution >= 4 is 5.91 Å². The molecule has 6 nitrogen and oxygen atoms in total. The first-order chi connectivity index (χ1) is 13.2. The first kappa shape index (κ1) is 18.0. The third-order valence-corrected chi connectivity index (χ3v) is 5.51. The lowest BCUT2D eigenvalue weighted by molar-refractivity contribution is -0.121. The molecule has 1 fully saturated rings. The maximum atomic E-state index is 11.9. The predicted molar refractivity (Wildman–Crippen MR) is 103 cm³/mol. The van der Waals surface area contributed by atoms with E-state index in [0.29, 0.717) is 18.9 Å². The second kappa shape index (κ2) is 8.13. The lowest BCUT2D eigenvalue weighted by Gasteiger charge is -2.34. The number of fused-ring (bicyclic) bond motifs is 1. The Bertz CT molecular complexity index is 784. The molecule has 0 spiro atoms. The Labute approximate surface area is 160 Å². The normalized spacial score (nSPS) is 19.5. The number of carbonyl (C=O) groups excluding carboxylic acids is 1. The van der Waals surface area contributed by atoms with Crippen LogP contribution in [0.3, 0.4) is 0 Å². The Morgan fingerprint density at radius 1 is 1.30 bits per heavy atom. The van der Waals surface area contributed by atoms with Crippen molar-refractivity contribution in [1.82, 2.24) is 20.0 Å². The molecule has 1 aliphatic carbocycles. The molecule has 1 N–H and O–H groups in total. The molecule has 27 heavy (non-hydrogen) atoms. The molecular weight excluding hydrogens is 340 g/mol. The van der Waals surface area contributed by atoms with Crippen molar-refractivity contribution in [3.05, 3.63) is 47.8 Å². The summed E-state index contributed by atoms with van der Waals surface area (Å²) in [7, 11) is 1.72. The summed E-state index contributed by atoms with van der Waals surface area (Å²) in [6.45, 7) is 3.35. The third kappa shape index (κ3) is 4.50. The van der Waals surface area contributed by atoms with Crippen molar-refractivity contribution in [2.75, 3.05) is 20.2 Å². The van der Waals surface area contributed by atoms with Crippen LogP contribution in [0.2, 0.25) is 0 Å². The number of hydrogen-bond donors (Lipinski definition) is 1. The van der Waals surface area contributed by atoms with Gasteiger partial charge >= 0.3 is 0 Å². The SMILES string of the molecule is COc1ccccc1CN1Cc2ccnn2C(CCNC(=O)CC2CC2)C1. The lowest BCUT2D eigenvalue weighted by atomic mass is 10.1. The van der Waals surface area contributed by atoms with Crippen LogP contribution in [0.25, 0.3) is 0 Å². The van der Waals surface area contributed by atoms with Gasteiger partial charge in [-0.2, -0.15) is 5.10 Å². The second-order valence-corrected chi connectivity index (χ2v) is 7.69. The number of nitrogens with zero attached hydrogens (tertiary/aromatic N) is 3. The zero-order valence-corrected chi connectivity index (χ0v) is 15.9. The van der Waals surface area contributed by atoms with Crippen LogP contribution in [-0.4, -0.2) is 40.8 Å². The number of aromatic nitrogens is 2. The highest BCUT2D eigenvalue weighted by Gasteiger charge is 2.27. The third-order valence-electron chi connectivity index (χ3n) is 5.51. The fourth-order valence-corrected chi connectivity index (χ4v) is 3.91. The molecule has 0 radical (unpaired) electrons.